The van der Waals surface area contributed by atoms with Gasteiger partial charge in [0.05, 0.1) is 10.8 Å². The third-order valence-corrected chi connectivity index (χ3v) is 3.69. The summed E-state index contributed by atoms with van der Waals surface area (Å²) in [5.74, 6) is -0.685. The number of hydrogen-bond acceptors (Lipinski definition) is 7. The standard InChI is InChI=1S/C12H18N6O3/c13-10-9(18(20)21)6-15-12(17-10)16-8-5-3-1-2-4-7(8)11(14)19/h6-8H,1-5H2,(H2,14,19)(H3,13,15,16,17)/t7-,8-/m1/s1. The first-order valence-corrected chi connectivity index (χ1v) is 6.82. The molecule has 1 aliphatic carbocycles. The molecule has 0 radical (unpaired) electrons. The van der Waals surface area contributed by atoms with Crippen LogP contribution >= 0.6 is 0 Å². The van der Waals surface area contributed by atoms with Gasteiger partial charge >= 0.3 is 5.69 Å². The van der Waals surface area contributed by atoms with Gasteiger partial charge in [0.1, 0.15) is 6.20 Å². The molecule has 1 amide bonds. The predicted octanol–water partition coefficient (Wildman–Crippen LogP) is 0.813. The number of amides is 1. The van der Waals surface area contributed by atoms with Gasteiger partial charge in [0.15, 0.2) is 0 Å². The Morgan fingerprint density at radius 1 is 1.38 bits per heavy atom. The largest absolute Gasteiger partial charge is 0.378 e. The number of anilines is 2. The lowest BCUT2D eigenvalue weighted by Gasteiger charge is -2.23. The van der Waals surface area contributed by atoms with Crippen LogP contribution in [0.1, 0.15) is 32.1 Å². The van der Waals surface area contributed by atoms with Crippen molar-refractivity contribution < 1.29 is 9.72 Å². The highest BCUT2D eigenvalue weighted by molar-refractivity contribution is 5.78. The molecular weight excluding hydrogens is 276 g/mol. The van der Waals surface area contributed by atoms with Crippen molar-refractivity contribution in [2.24, 2.45) is 11.7 Å². The maximum absolute atomic E-state index is 11.5. The summed E-state index contributed by atoms with van der Waals surface area (Å²) in [5.41, 5.74) is 10.6. The highest BCUT2D eigenvalue weighted by atomic mass is 16.6. The van der Waals surface area contributed by atoms with E-state index in [-0.39, 0.29) is 35.3 Å². The summed E-state index contributed by atoms with van der Waals surface area (Å²) < 4.78 is 0. The normalized spacial score (nSPS) is 22.3. The van der Waals surface area contributed by atoms with Crippen molar-refractivity contribution in [3.63, 3.8) is 0 Å². The fourth-order valence-corrected chi connectivity index (χ4v) is 2.59. The van der Waals surface area contributed by atoms with Crippen molar-refractivity contribution in [3.05, 3.63) is 16.3 Å². The van der Waals surface area contributed by atoms with E-state index in [2.05, 4.69) is 15.3 Å². The number of carbonyl (C=O) groups excluding carboxylic acids is 1. The van der Waals surface area contributed by atoms with Crippen LogP contribution in [-0.2, 0) is 4.79 Å². The summed E-state index contributed by atoms with van der Waals surface area (Å²) in [6.07, 6.45) is 5.52. The SMILES string of the molecule is NC(=O)[C@@H]1CCCCC[C@H]1Nc1ncc([N+](=O)[O-])c(N)n1. The van der Waals surface area contributed by atoms with Crippen LogP contribution in [0.5, 0.6) is 0 Å². The minimum absolute atomic E-state index is 0.175. The van der Waals surface area contributed by atoms with E-state index in [4.69, 9.17) is 11.5 Å². The Kier molecular flexibility index (Phi) is 4.51. The summed E-state index contributed by atoms with van der Waals surface area (Å²) in [5, 5.41) is 13.7. The van der Waals surface area contributed by atoms with E-state index in [0.717, 1.165) is 38.3 Å². The second-order valence-electron chi connectivity index (χ2n) is 5.12. The average Bonchev–Trinajstić information content (AvgIpc) is 2.63. The Hall–Kier alpha value is -2.45. The number of hydrogen-bond donors (Lipinski definition) is 3. The van der Waals surface area contributed by atoms with Crippen LogP contribution < -0.4 is 16.8 Å². The molecule has 0 unspecified atom stereocenters. The van der Waals surface area contributed by atoms with Crippen LogP contribution in [0.25, 0.3) is 0 Å². The first kappa shape index (κ1) is 14.9. The van der Waals surface area contributed by atoms with Gasteiger partial charge in [0.2, 0.25) is 17.7 Å². The molecule has 0 aliphatic heterocycles. The van der Waals surface area contributed by atoms with Gasteiger partial charge < -0.3 is 16.8 Å². The van der Waals surface area contributed by atoms with Gasteiger partial charge in [-0.1, -0.05) is 19.3 Å². The molecule has 1 aliphatic rings. The maximum Gasteiger partial charge on any atom is 0.329 e. The van der Waals surface area contributed by atoms with E-state index < -0.39 is 4.92 Å². The lowest BCUT2D eigenvalue weighted by atomic mass is 9.94. The Morgan fingerprint density at radius 2 is 2.10 bits per heavy atom. The van der Waals surface area contributed by atoms with Crippen LogP contribution in [0.3, 0.4) is 0 Å². The molecule has 114 valence electrons. The molecule has 9 heteroatoms. The van der Waals surface area contributed by atoms with Gasteiger partial charge in [0.25, 0.3) is 0 Å². The molecule has 2 rings (SSSR count). The van der Waals surface area contributed by atoms with Crippen molar-refractivity contribution in [2.75, 3.05) is 11.1 Å². The first-order chi connectivity index (χ1) is 9.99. The van der Waals surface area contributed by atoms with Crippen LogP contribution in [0, 0.1) is 16.0 Å². The van der Waals surface area contributed by atoms with Gasteiger partial charge in [-0.3, -0.25) is 14.9 Å². The lowest BCUT2D eigenvalue weighted by Crippen LogP contribution is -2.38. The second kappa shape index (κ2) is 6.33. The molecule has 0 spiro atoms. The van der Waals surface area contributed by atoms with Gasteiger partial charge in [-0.25, -0.2) is 4.98 Å². The number of nitro groups is 1. The zero-order valence-corrected chi connectivity index (χ0v) is 11.5. The molecule has 1 saturated carbocycles. The summed E-state index contributed by atoms with van der Waals surface area (Å²) in [4.78, 5) is 29.3. The van der Waals surface area contributed by atoms with E-state index in [9.17, 15) is 14.9 Å². The van der Waals surface area contributed by atoms with Crippen molar-refractivity contribution in [3.8, 4) is 0 Å². The summed E-state index contributed by atoms with van der Waals surface area (Å²) >= 11 is 0. The molecule has 0 saturated heterocycles. The molecule has 1 fully saturated rings. The average molecular weight is 294 g/mol. The molecule has 21 heavy (non-hydrogen) atoms. The predicted molar refractivity (Wildman–Crippen MR) is 76.3 cm³/mol. The molecule has 5 N–H and O–H groups in total. The summed E-state index contributed by atoms with van der Waals surface area (Å²) in [7, 11) is 0. The molecule has 0 aromatic carbocycles. The number of nitrogens with zero attached hydrogens (tertiary/aromatic N) is 3. The second-order valence-corrected chi connectivity index (χ2v) is 5.12. The monoisotopic (exact) mass is 294 g/mol. The van der Waals surface area contributed by atoms with E-state index in [1.165, 1.54) is 0 Å². The van der Waals surface area contributed by atoms with E-state index in [1.54, 1.807) is 0 Å². The Bertz CT molecular complexity index is 550. The van der Waals surface area contributed by atoms with Gasteiger partial charge in [-0.05, 0) is 12.8 Å². The number of nitrogens with two attached hydrogens (primary N) is 2. The zero-order valence-electron chi connectivity index (χ0n) is 11.5. The van der Waals surface area contributed by atoms with E-state index >= 15 is 0 Å². The Balaban J connectivity index is 2.16. The number of primary amides is 1. The highest BCUT2D eigenvalue weighted by Crippen LogP contribution is 2.26. The van der Waals surface area contributed by atoms with Crippen LogP contribution in [-0.4, -0.2) is 26.8 Å². The number of carbonyl (C=O) groups is 1. The Morgan fingerprint density at radius 3 is 2.71 bits per heavy atom. The fraction of sp³-hybridized carbons (Fsp3) is 0.583. The van der Waals surface area contributed by atoms with E-state index in [0.29, 0.717) is 0 Å². The highest BCUT2D eigenvalue weighted by Gasteiger charge is 2.29. The molecule has 1 aromatic rings. The van der Waals surface area contributed by atoms with Crippen molar-refractivity contribution in [1.82, 2.24) is 9.97 Å². The van der Waals surface area contributed by atoms with Gasteiger partial charge in [-0.15, -0.1) is 0 Å². The minimum Gasteiger partial charge on any atom is -0.378 e. The molecule has 2 atom stereocenters. The van der Waals surface area contributed by atoms with Crippen molar-refractivity contribution in [2.45, 2.75) is 38.1 Å². The third-order valence-electron chi connectivity index (χ3n) is 3.69. The topological polar surface area (TPSA) is 150 Å². The molecule has 1 aromatic heterocycles. The smallest absolute Gasteiger partial charge is 0.329 e. The molecule has 9 nitrogen and oxygen atoms in total. The first-order valence-electron chi connectivity index (χ1n) is 6.82. The zero-order chi connectivity index (χ0) is 15.4. The number of rotatable bonds is 4. The van der Waals surface area contributed by atoms with Crippen molar-refractivity contribution >= 4 is 23.4 Å². The van der Waals surface area contributed by atoms with Gasteiger partial charge in [-0.2, -0.15) is 4.98 Å². The maximum atomic E-state index is 11.5. The van der Waals surface area contributed by atoms with E-state index in [1.807, 2.05) is 0 Å². The molecular formula is C12H18N6O3. The summed E-state index contributed by atoms with van der Waals surface area (Å²) in [6, 6.07) is -0.175. The van der Waals surface area contributed by atoms with Crippen molar-refractivity contribution in [1.29, 1.82) is 0 Å². The van der Waals surface area contributed by atoms with Crippen LogP contribution in [0.15, 0.2) is 6.20 Å². The number of nitrogen functional groups attached to an aromatic ring is 1. The molecule has 0 bridgehead atoms. The van der Waals surface area contributed by atoms with Crippen LogP contribution in [0.4, 0.5) is 17.5 Å². The third kappa shape index (κ3) is 3.56. The number of aromatic nitrogens is 2. The summed E-state index contributed by atoms with van der Waals surface area (Å²) in [6.45, 7) is 0. The fourth-order valence-electron chi connectivity index (χ4n) is 2.59. The quantitative estimate of drug-likeness (QED) is 0.422. The lowest BCUT2D eigenvalue weighted by molar-refractivity contribution is -0.384. The molecule has 1 heterocycles. The Labute approximate surface area is 121 Å². The van der Waals surface area contributed by atoms with Gasteiger partial charge in [0, 0.05) is 6.04 Å². The number of nitrogens with one attached hydrogen (secondary N) is 1. The van der Waals surface area contributed by atoms with Crippen LogP contribution in [0.2, 0.25) is 0 Å². The minimum atomic E-state index is -0.642.